The molecule has 8 aromatic carbocycles. The van der Waals surface area contributed by atoms with Crippen LogP contribution in [-0.4, -0.2) is 19.5 Å². The van der Waals surface area contributed by atoms with Crippen molar-refractivity contribution in [3.8, 4) is 51.0 Å². The molecule has 0 saturated carbocycles. The molecule has 12 aromatic rings. The first-order valence-electron chi connectivity index (χ1n) is 19.0. The molecule has 0 atom stereocenters. The largest absolute Gasteiger partial charge is 0.456 e. The highest BCUT2D eigenvalue weighted by Gasteiger charge is 2.18. The summed E-state index contributed by atoms with van der Waals surface area (Å²) in [5, 5.41) is 7.15. The van der Waals surface area contributed by atoms with Crippen molar-refractivity contribution in [2.75, 3.05) is 0 Å². The maximum atomic E-state index is 6.62. The maximum Gasteiger partial charge on any atom is 0.164 e. The van der Waals surface area contributed by atoms with E-state index in [1.807, 2.05) is 60.7 Å². The van der Waals surface area contributed by atoms with E-state index in [2.05, 4.69) is 126 Å². The van der Waals surface area contributed by atoms with E-state index in [1.165, 1.54) is 42.0 Å². The number of rotatable bonds is 5. The second-order valence-electron chi connectivity index (χ2n) is 14.4. The SMILES string of the molecule is c1ccc(-c2nc(-c3ccccc3)nc(-c3ccc4c(c3)sc3ccc(-c5cccc6oc7cc(-n8c9ccccc9c9ccccc98)ccc7c56)cc34)n2)cc1. The van der Waals surface area contributed by atoms with Crippen LogP contribution in [0.15, 0.2) is 186 Å². The van der Waals surface area contributed by atoms with Gasteiger partial charge in [0.2, 0.25) is 0 Å². The number of benzene rings is 8. The summed E-state index contributed by atoms with van der Waals surface area (Å²) in [6.07, 6.45) is 0. The molecule has 0 N–H and O–H groups in total. The van der Waals surface area contributed by atoms with Gasteiger partial charge in [0.15, 0.2) is 17.5 Å². The molecule has 4 aromatic heterocycles. The topological polar surface area (TPSA) is 56.7 Å². The molecule has 0 bridgehead atoms. The van der Waals surface area contributed by atoms with Gasteiger partial charge in [0, 0.05) is 70.2 Å². The predicted octanol–water partition coefficient (Wildman–Crippen LogP) is 13.9. The molecular formula is C51H30N4OS. The Labute approximate surface area is 330 Å². The van der Waals surface area contributed by atoms with Crippen molar-refractivity contribution >= 4 is 75.3 Å². The van der Waals surface area contributed by atoms with Crippen LogP contribution in [0.5, 0.6) is 0 Å². The van der Waals surface area contributed by atoms with Gasteiger partial charge in [-0.05, 0) is 59.7 Å². The summed E-state index contributed by atoms with van der Waals surface area (Å²) in [6.45, 7) is 0. The summed E-state index contributed by atoms with van der Waals surface area (Å²) < 4.78 is 11.4. The fourth-order valence-electron chi connectivity index (χ4n) is 8.42. The molecule has 57 heavy (non-hydrogen) atoms. The lowest BCUT2D eigenvalue weighted by atomic mass is 9.97. The first-order valence-corrected chi connectivity index (χ1v) is 19.8. The van der Waals surface area contributed by atoms with Gasteiger partial charge in [-0.1, -0.05) is 127 Å². The predicted molar refractivity (Wildman–Crippen MR) is 236 cm³/mol. The minimum Gasteiger partial charge on any atom is -0.456 e. The number of fused-ring (bicyclic) bond motifs is 9. The Morgan fingerprint density at radius 2 is 1.00 bits per heavy atom. The molecule has 0 radical (unpaired) electrons. The van der Waals surface area contributed by atoms with E-state index in [0.29, 0.717) is 17.5 Å². The smallest absolute Gasteiger partial charge is 0.164 e. The molecule has 0 fully saturated rings. The number of aromatic nitrogens is 4. The van der Waals surface area contributed by atoms with Gasteiger partial charge in [0.1, 0.15) is 11.2 Å². The fraction of sp³-hybridized carbons (Fsp3) is 0. The molecule has 0 amide bonds. The van der Waals surface area contributed by atoms with Crippen LogP contribution in [-0.2, 0) is 0 Å². The van der Waals surface area contributed by atoms with Crippen LogP contribution in [0.4, 0.5) is 0 Å². The van der Waals surface area contributed by atoms with Crippen molar-refractivity contribution in [2.45, 2.75) is 0 Å². The van der Waals surface area contributed by atoms with Crippen LogP contribution < -0.4 is 0 Å². The average Bonchev–Trinajstić information content (AvgIpc) is 3.95. The highest BCUT2D eigenvalue weighted by Crippen LogP contribution is 2.42. The van der Waals surface area contributed by atoms with Gasteiger partial charge in [0.05, 0.1) is 11.0 Å². The highest BCUT2D eigenvalue weighted by atomic mass is 32.1. The third-order valence-electron chi connectivity index (χ3n) is 11.1. The van der Waals surface area contributed by atoms with Crippen LogP contribution >= 0.6 is 11.3 Å². The van der Waals surface area contributed by atoms with Crippen molar-refractivity contribution in [1.82, 2.24) is 19.5 Å². The highest BCUT2D eigenvalue weighted by molar-refractivity contribution is 7.25. The van der Waals surface area contributed by atoms with Gasteiger partial charge >= 0.3 is 0 Å². The molecule has 5 nitrogen and oxygen atoms in total. The fourth-order valence-corrected chi connectivity index (χ4v) is 9.54. The van der Waals surface area contributed by atoms with Gasteiger partial charge in [0.25, 0.3) is 0 Å². The summed E-state index contributed by atoms with van der Waals surface area (Å²) >= 11 is 1.79. The third kappa shape index (κ3) is 5.12. The number of para-hydroxylation sites is 2. The first kappa shape index (κ1) is 31.9. The second-order valence-corrected chi connectivity index (χ2v) is 15.5. The van der Waals surface area contributed by atoms with E-state index in [0.717, 1.165) is 55.4 Å². The Bertz CT molecular complexity index is 3420. The summed E-state index contributed by atoms with van der Waals surface area (Å²) in [5.74, 6) is 1.97. The zero-order valence-electron chi connectivity index (χ0n) is 30.4. The number of hydrogen-bond donors (Lipinski definition) is 0. The molecule has 0 aliphatic rings. The molecule has 0 saturated heterocycles. The van der Waals surface area contributed by atoms with Crippen LogP contribution in [0, 0.1) is 0 Å². The number of nitrogens with zero attached hydrogens (tertiary/aromatic N) is 4. The van der Waals surface area contributed by atoms with Crippen molar-refractivity contribution in [3.63, 3.8) is 0 Å². The van der Waals surface area contributed by atoms with E-state index in [-0.39, 0.29) is 0 Å². The van der Waals surface area contributed by atoms with Gasteiger partial charge in [-0.15, -0.1) is 11.3 Å². The Kier molecular flexibility index (Phi) is 7.03. The summed E-state index contributed by atoms with van der Waals surface area (Å²) in [5.41, 5.74) is 10.4. The zero-order chi connectivity index (χ0) is 37.5. The van der Waals surface area contributed by atoms with E-state index >= 15 is 0 Å². The summed E-state index contributed by atoms with van der Waals surface area (Å²) in [7, 11) is 0. The van der Waals surface area contributed by atoms with Crippen molar-refractivity contribution < 1.29 is 4.42 Å². The van der Waals surface area contributed by atoms with E-state index in [9.17, 15) is 0 Å². The Hall–Kier alpha value is -7.41. The normalized spacial score (nSPS) is 11.9. The minimum atomic E-state index is 0.655. The molecule has 6 heteroatoms. The van der Waals surface area contributed by atoms with Crippen LogP contribution in [0.1, 0.15) is 0 Å². The molecule has 0 unspecified atom stereocenters. The first-order chi connectivity index (χ1) is 28.2. The Balaban J connectivity index is 0.962. The number of furan rings is 1. The monoisotopic (exact) mass is 746 g/mol. The van der Waals surface area contributed by atoms with Gasteiger partial charge in [-0.2, -0.15) is 0 Å². The van der Waals surface area contributed by atoms with E-state index in [4.69, 9.17) is 19.4 Å². The van der Waals surface area contributed by atoms with Gasteiger partial charge in [-0.3, -0.25) is 0 Å². The average molecular weight is 747 g/mol. The third-order valence-corrected chi connectivity index (χ3v) is 12.2. The van der Waals surface area contributed by atoms with Gasteiger partial charge in [-0.25, -0.2) is 15.0 Å². The standard InChI is InChI=1S/C51H30N4OS/c1-3-12-31(13-4-1)49-52-50(32-14-5-2-6-15-32)54-51(53-49)34-22-25-39-41-28-33(23-27-46(41)57-47(39)29-34)36-18-11-21-44-48(36)40-26-24-35(30-45(40)56-44)55-42-19-9-7-16-37(42)38-17-8-10-20-43(38)55/h1-30H. The molecule has 0 aliphatic heterocycles. The Morgan fingerprint density at radius 1 is 0.386 bits per heavy atom. The minimum absolute atomic E-state index is 0.655. The molecular weight excluding hydrogens is 717 g/mol. The van der Waals surface area contributed by atoms with E-state index < -0.39 is 0 Å². The Morgan fingerprint density at radius 3 is 1.70 bits per heavy atom. The lowest BCUT2D eigenvalue weighted by molar-refractivity contribution is 0.668. The second kappa shape index (κ2) is 12.6. The van der Waals surface area contributed by atoms with Gasteiger partial charge < -0.3 is 8.98 Å². The molecule has 4 heterocycles. The summed E-state index contributed by atoms with van der Waals surface area (Å²) in [6, 6.07) is 63.8. The molecule has 0 aliphatic carbocycles. The van der Waals surface area contributed by atoms with Crippen LogP contribution in [0.25, 0.3) is 115 Å². The molecule has 0 spiro atoms. The summed E-state index contributed by atoms with van der Waals surface area (Å²) in [4.78, 5) is 14.8. The van der Waals surface area contributed by atoms with Crippen LogP contribution in [0.2, 0.25) is 0 Å². The zero-order valence-corrected chi connectivity index (χ0v) is 31.2. The lowest BCUT2D eigenvalue weighted by Crippen LogP contribution is -1.99. The van der Waals surface area contributed by atoms with Crippen molar-refractivity contribution in [1.29, 1.82) is 0 Å². The van der Waals surface area contributed by atoms with Crippen molar-refractivity contribution in [2.24, 2.45) is 0 Å². The quantitative estimate of drug-likeness (QED) is 0.176. The maximum absolute atomic E-state index is 6.62. The van der Waals surface area contributed by atoms with Crippen LogP contribution in [0.3, 0.4) is 0 Å². The number of hydrogen-bond acceptors (Lipinski definition) is 5. The molecule has 266 valence electrons. The lowest BCUT2D eigenvalue weighted by Gasteiger charge is -2.08. The van der Waals surface area contributed by atoms with E-state index in [1.54, 1.807) is 11.3 Å². The number of thiophene rings is 1. The van der Waals surface area contributed by atoms with Crippen molar-refractivity contribution in [3.05, 3.63) is 182 Å². The molecule has 12 rings (SSSR count).